The molecule has 0 aliphatic carbocycles. The molecule has 0 heterocycles. The number of benzene rings is 1. The van der Waals surface area contributed by atoms with Gasteiger partial charge >= 0.3 is 0 Å². The van der Waals surface area contributed by atoms with Crippen molar-refractivity contribution < 1.29 is 4.39 Å². The van der Waals surface area contributed by atoms with Gasteiger partial charge in [-0.25, -0.2) is 4.39 Å². The van der Waals surface area contributed by atoms with Crippen LogP contribution in [0.4, 0.5) is 4.39 Å². The van der Waals surface area contributed by atoms with Crippen LogP contribution in [0.3, 0.4) is 0 Å². The van der Waals surface area contributed by atoms with Crippen molar-refractivity contribution in [1.29, 1.82) is 0 Å². The van der Waals surface area contributed by atoms with E-state index in [-0.39, 0.29) is 5.82 Å². The Labute approximate surface area is 65.3 Å². The Morgan fingerprint density at radius 1 is 1.45 bits per heavy atom. The van der Waals surface area contributed by atoms with Crippen LogP contribution in [0.15, 0.2) is 36.9 Å². The molecule has 2 heteroatoms. The standard InChI is InChI=1S/C9H10FN/c1-2-9(11)7-5-3-4-6-8(7)10/h2-6,9H,1,11H2/t9-/m0/s1. The van der Waals surface area contributed by atoms with E-state index in [9.17, 15) is 4.39 Å². The molecule has 0 amide bonds. The van der Waals surface area contributed by atoms with Gasteiger partial charge in [0, 0.05) is 5.56 Å². The predicted molar refractivity (Wildman–Crippen MR) is 43.5 cm³/mol. The molecule has 11 heavy (non-hydrogen) atoms. The highest BCUT2D eigenvalue weighted by molar-refractivity contribution is 5.23. The summed E-state index contributed by atoms with van der Waals surface area (Å²) < 4.78 is 12.9. The van der Waals surface area contributed by atoms with Crippen molar-refractivity contribution in [2.24, 2.45) is 5.73 Å². The van der Waals surface area contributed by atoms with E-state index in [2.05, 4.69) is 6.58 Å². The van der Waals surface area contributed by atoms with Crippen molar-refractivity contribution in [3.63, 3.8) is 0 Å². The summed E-state index contributed by atoms with van der Waals surface area (Å²) in [7, 11) is 0. The molecule has 1 rings (SSSR count). The summed E-state index contributed by atoms with van der Waals surface area (Å²) in [5.41, 5.74) is 6.03. The van der Waals surface area contributed by atoms with Gasteiger partial charge in [-0.15, -0.1) is 6.58 Å². The second kappa shape index (κ2) is 3.30. The van der Waals surface area contributed by atoms with Gasteiger partial charge in [0.1, 0.15) is 5.82 Å². The van der Waals surface area contributed by atoms with Gasteiger partial charge in [-0.1, -0.05) is 24.3 Å². The Morgan fingerprint density at radius 3 is 2.64 bits per heavy atom. The molecule has 0 aromatic heterocycles. The van der Waals surface area contributed by atoms with Crippen molar-refractivity contribution in [2.45, 2.75) is 6.04 Å². The molecule has 0 saturated heterocycles. The summed E-state index contributed by atoms with van der Waals surface area (Å²) in [5.74, 6) is -0.278. The van der Waals surface area contributed by atoms with Crippen LogP contribution in [-0.2, 0) is 0 Å². The zero-order chi connectivity index (χ0) is 8.27. The molecule has 1 aromatic carbocycles. The largest absolute Gasteiger partial charge is 0.321 e. The molecule has 0 saturated carbocycles. The summed E-state index contributed by atoms with van der Waals surface area (Å²) in [6, 6.07) is 6.02. The molecule has 0 radical (unpaired) electrons. The fourth-order valence-corrected chi connectivity index (χ4v) is 0.872. The highest BCUT2D eigenvalue weighted by atomic mass is 19.1. The van der Waals surface area contributed by atoms with E-state index < -0.39 is 6.04 Å². The van der Waals surface area contributed by atoms with Crippen LogP contribution in [0.25, 0.3) is 0 Å². The molecular formula is C9H10FN. The average molecular weight is 151 g/mol. The van der Waals surface area contributed by atoms with Crippen LogP contribution in [0.2, 0.25) is 0 Å². The maximum absolute atomic E-state index is 12.9. The first-order valence-corrected chi connectivity index (χ1v) is 3.38. The molecule has 58 valence electrons. The zero-order valence-corrected chi connectivity index (χ0v) is 6.13. The van der Waals surface area contributed by atoms with Gasteiger partial charge < -0.3 is 5.73 Å². The molecule has 0 unspecified atom stereocenters. The van der Waals surface area contributed by atoms with E-state index in [1.807, 2.05) is 0 Å². The van der Waals surface area contributed by atoms with Crippen LogP contribution in [-0.4, -0.2) is 0 Å². The maximum atomic E-state index is 12.9. The molecule has 1 nitrogen and oxygen atoms in total. The van der Waals surface area contributed by atoms with Gasteiger partial charge in [0.05, 0.1) is 6.04 Å². The van der Waals surface area contributed by atoms with E-state index in [0.29, 0.717) is 5.56 Å². The van der Waals surface area contributed by atoms with Gasteiger partial charge in [-0.2, -0.15) is 0 Å². The monoisotopic (exact) mass is 151 g/mol. The molecule has 0 fully saturated rings. The Kier molecular flexibility index (Phi) is 2.39. The third-order valence-electron chi connectivity index (χ3n) is 1.52. The molecule has 1 atom stereocenters. The highest BCUT2D eigenvalue weighted by Crippen LogP contribution is 2.14. The third kappa shape index (κ3) is 1.65. The van der Waals surface area contributed by atoms with Gasteiger partial charge in [-0.05, 0) is 6.07 Å². The first-order chi connectivity index (χ1) is 5.25. The molecular weight excluding hydrogens is 141 g/mol. The van der Waals surface area contributed by atoms with E-state index in [1.165, 1.54) is 12.1 Å². The van der Waals surface area contributed by atoms with Crippen molar-refractivity contribution >= 4 is 0 Å². The highest BCUT2D eigenvalue weighted by Gasteiger charge is 2.05. The summed E-state index contributed by atoms with van der Waals surface area (Å²) >= 11 is 0. The van der Waals surface area contributed by atoms with Crippen molar-refractivity contribution in [3.05, 3.63) is 48.3 Å². The molecule has 0 bridgehead atoms. The Hall–Kier alpha value is -1.15. The summed E-state index contributed by atoms with van der Waals surface area (Å²) in [6.45, 7) is 3.49. The normalized spacial score (nSPS) is 12.5. The molecule has 0 spiro atoms. The van der Waals surface area contributed by atoms with Crippen LogP contribution in [0.1, 0.15) is 11.6 Å². The van der Waals surface area contributed by atoms with Crippen LogP contribution in [0, 0.1) is 5.82 Å². The predicted octanol–water partition coefficient (Wildman–Crippen LogP) is 2.01. The van der Waals surface area contributed by atoms with Gasteiger partial charge in [0.15, 0.2) is 0 Å². The average Bonchev–Trinajstić information content (AvgIpc) is 2.04. The second-order valence-electron chi connectivity index (χ2n) is 2.28. The summed E-state index contributed by atoms with van der Waals surface area (Å²) in [6.07, 6.45) is 1.51. The quantitative estimate of drug-likeness (QED) is 0.643. The zero-order valence-electron chi connectivity index (χ0n) is 6.13. The number of rotatable bonds is 2. The van der Waals surface area contributed by atoms with Gasteiger partial charge in [0.25, 0.3) is 0 Å². The Balaban J connectivity index is 3.02. The lowest BCUT2D eigenvalue weighted by molar-refractivity contribution is 0.602. The number of halogens is 1. The lowest BCUT2D eigenvalue weighted by atomic mass is 10.1. The van der Waals surface area contributed by atoms with Crippen molar-refractivity contribution in [3.8, 4) is 0 Å². The molecule has 1 aromatic rings. The first-order valence-electron chi connectivity index (χ1n) is 3.38. The lowest BCUT2D eigenvalue weighted by Gasteiger charge is -2.06. The fourth-order valence-electron chi connectivity index (χ4n) is 0.872. The second-order valence-corrected chi connectivity index (χ2v) is 2.28. The third-order valence-corrected chi connectivity index (χ3v) is 1.52. The number of hydrogen-bond donors (Lipinski definition) is 1. The van der Waals surface area contributed by atoms with E-state index in [1.54, 1.807) is 18.2 Å². The SMILES string of the molecule is C=C[C@H](N)c1ccccc1F. The fraction of sp³-hybridized carbons (Fsp3) is 0.111. The minimum atomic E-state index is -0.406. The minimum Gasteiger partial charge on any atom is -0.321 e. The minimum absolute atomic E-state index is 0.278. The Bertz CT molecular complexity index is 257. The van der Waals surface area contributed by atoms with Gasteiger partial charge in [0.2, 0.25) is 0 Å². The van der Waals surface area contributed by atoms with Crippen molar-refractivity contribution in [2.75, 3.05) is 0 Å². The summed E-state index contributed by atoms with van der Waals surface area (Å²) in [5, 5.41) is 0. The van der Waals surface area contributed by atoms with E-state index in [0.717, 1.165) is 0 Å². The Morgan fingerprint density at radius 2 is 2.09 bits per heavy atom. The molecule has 0 aliphatic rings. The maximum Gasteiger partial charge on any atom is 0.128 e. The molecule has 2 N–H and O–H groups in total. The summed E-state index contributed by atoms with van der Waals surface area (Å²) in [4.78, 5) is 0. The van der Waals surface area contributed by atoms with Crippen molar-refractivity contribution in [1.82, 2.24) is 0 Å². The van der Waals surface area contributed by atoms with Crippen LogP contribution < -0.4 is 5.73 Å². The first kappa shape index (κ1) is 7.95. The van der Waals surface area contributed by atoms with Crippen LogP contribution in [0.5, 0.6) is 0 Å². The van der Waals surface area contributed by atoms with E-state index in [4.69, 9.17) is 5.73 Å². The van der Waals surface area contributed by atoms with E-state index >= 15 is 0 Å². The lowest BCUT2D eigenvalue weighted by Crippen LogP contribution is -2.08. The number of nitrogens with two attached hydrogens (primary N) is 1. The van der Waals surface area contributed by atoms with Gasteiger partial charge in [-0.3, -0.25) is 0 Å². The smallest absolute Gasteiger partial charge is 0.128 e. The number of hydrogen-bond acceptors (Lipinski definition) is 1. The topological polar surface area (TPSA) is 26.0 Å². The molecule has 0 aliphatic heterocycles. The van der Waals surface area contributed by atoms with Crippen LogP contribution >= 0.6 is 0 Å².